The van der Waals surface area contributed by atoms with Crippen molar-refractivity contribution in [1.82, 2.24) is 14.8 Å². The van der Waals surface area contributed by atoms with Crippen molar-refractivity contribution in [2.24, 2.45) is 5.92 Å². The van der Waals surface area contributed by atoms with E-state index < -0.39 is 0 Å². The van der Waals surface area contributed by atoms with E-state index in [-0.39, 0.29) is 5.82 Å². The van der Waals surface area contributed by atoms with Gasteiger partial charge in [0, 0.05) is 5.92 Å². The van der Waals surface area contributed by atoms with Crippen molar-refractivity contribution in [3.8, 4) is 17.3 Å². The molecule has 2 aromatic heterocycles. The lowest BCUT2D eigenvalue weighted by atomic mass is 10.2. The molecule has 0 fully saturated rings. The quantitative estimate of drug-likeness (QED) is 0.813. The predicted octanol–water partition coefficient (Wildman–Crippen LogP) is 2.88. The van der Waals surface area contributed by atoms with Gasteiger partial charge in [0.25, 0.3) is 0 Å². The number of hydrogen-bond acceptors (Lipinski definition) is 3. The fourth-order valence-corrected chi connectivity index (χ4v) is 2.54. The maximum absolute atomic E-state index is 12.9. The largest absolute Gasteiger partial charge is 0.477 e. The molecule has 3 heterocycles. The zero-order valence-electron chi connectivity index (χ0n) is 9.73. The number of ether oxygens (including phenoxy) is 1. The molecule has 1 unspecified atom stereocenters. The van der Waals surface area contributed by atoms with E-state index in [0.29, 0.717) is 29.8 Å². The molecule has 18 heavy (non-hydrogen) atoms. The van der Waals surface area contributed by atoms with Crippen LogP contribution in [0.2, 0.25) is 0 Å². The van der Waals surface area contributed by atoms with Crippen molar-refractivity contribution in [1.29, 1.82) is 0 Å². The van der Waals surface area contributed by atoms with Gasteiger partial charge in [-0.15, -0.1) is 0 Å². The molecule has 1 aliphatic rings. The number of rotatable bonds is 1. The van der Waals surface area contributed by atoms with Gasteiger partial charge in [-0.1, -0.05) is 6.92 Å². The SMILES string of the molecule is CC1COc2c(Br)c(-c3ccc(F)cn3)nn2C1. The Labute approximate surface area is 112 Å². The summed E-state index contributed by atoms with van der Waals surface area (Å²) in [6, 6.07) is 2.98. The molecule has 6 heteroatoms. The Morgan fingerprint density at radius 2 is 2.33 bits per heavy atom. The molecule has 0 spiro atoms. The van der Waals surface area contributed by atoms with Crippen molar-refractivity contribution < 1.29 is 9.13 Å². The van der Waals surface area contributed by atoms with Crippen molar-refractivity contribution >= 4 is 15.9 Å². The molecule has 0 N–H and O–H groups in total. The zero-order chi connectivity index (χ0) is 12.7. The van der Waals surface area contributed by atoms with E-state index >= 15 is 0 Å². The Hall–Kier alpha value is -1.43. The molecule has 0 amide bonds. The van der Waals surface area contributed by atoms with Crippen LogP contribution in [0.1, 0.15) is 6.92 Å². The molecule has 0 aromatic carbocycles. The van der Waals surface area contributed by atoms with Crippen LogP contribution in [0.25, 0.3) is 11.4 Å². The minimum absolute atomic E-state index is 0.358. The highest BCUT2D eigenvalue weighted by atomic mass is 79.9. The van der Waals surface area contributed by atoms with E-state index in [1.165, 1.54) is 12.3 Å². The zero-order valence-corrected chi connectivity index (χ0v) is 11.3. The van der Waals surface area contributed by atoms with Crippen molar-refractivity contribution in [2.45, 2.75) is 13.5 Å². The van der Waals surface area contributed by atoms with Gasteiger partial charge in [-0.25, -0.2) is 9.07 Å². The van der Waals surface area contributed by atoms with Gasteiger partial charge in [-0.2, -0.15) is 5.10 Å². The first-order chi connectivity index (χ1) is 8.65. The summed E-state index contributed by atoms with van der Waals surface area (Å²) in [6.07, 6.45) is 1.18. The van der Waals surface area contributed by atoms with Gasteiger partial charge < -0.3 is 4.74 Å². The first-order valence-electron chi connectivity index (χ1n) is 5.66. The molecule has 0 saturated carbocycles. The molecule has 1 atom stereocenters. The topological polar surface area (TPSA) is 39.9 Å². The fraction of sp³-hybridized carbons (Fsp3) is 0.333. The lowest BCUT2D eigenvalue weighted by Crippen LogP contribution is -2.23. The lowest BCUT2D eigenvalue weighted by molar-refractivity contribution is 0.174. The summed E-state index contributed by atoms with van der Waals surface area (Å²) in [5.41, 5.74) is 1.31. The van der Waals surface area contributed by atoms with Crippen LogP contribution >= 0.6 is 15.9 Å². The second-order valence-electron chi connectivity index (χ2n) is 4.43. The summed E-state index contributed by atoms with van der Waals surface area (Å²) >= 11 is 3.47. The number of hydrogen-bond donors (Lipinski definition) is 0. The van der Waals surface area contributed by atoms with E-state index in [0.717, 1.165) is 11.0 Å². The molecule has 94 valence electrons. The molecule has 1 aliphatic heterocycles. The molecule has 4 nitrogen and oxygen atoms in total. The van der Waals surface area contributed by atoms with Crippen LogP contribution in [0.15, 0.2) is 22.8 Å². The molecule has 0 saturated heterocycles. The molecular formula is C12H11BrFN3O. The Bertz CT molecular complexity index is 582. The molecule has 0 radical (unpaired) electrons. The van der Waals surface area contributed by atoms with Gasteiger partial charge in [-0.05, 0) is 28.1 Å². The van der Waals surface area contributed by atoms with E-state index in [1.807, 2.05) is 4.68 Å². The van der Waals surface area contributed by atoms with Crippen LogP contribution in [0.3, 0.4) is 0 Å². The van der Waals surface area contributed by atoms with Crippen LogP contribution in [0.4, 0.5) is 4.39 Å². The summed E-state index contributed by atoms with van der Waals surface area (Å²) in [5, 5.41) is 4.46. The van der Waals surface area contributed by atoms with E-state index in [2.05, 4.69) is 32.9 Å². The summed E-state index contributed by atoms with van der Waals surface area (Å²) < 4.78 is 21.1. The lowest BCUT2D eigenvalue weighted by Gasteiger charge is -2.20. The molecule has 2 aromatic rings. The maximum atomic E-state index is 12.9. The smallest absolute Gasteiger partial charge is 0.227 e. The van der Waals surface area contributed by atoms with Gasteiger partial charge in [0.2, 0.25) is 5.88 Å². The first-order valence-corrected chi connectivity index (χ1v) is 6.45. The van der Waals surface area contributed by atoms with Crippen LogP contribution in [0, 0.1) is 11.7 Å². The van der Waals surface area contributed by atoms with Gasteiger partial charge in [0.1, 0.15) is 16.0 Å². The molecular weight excluding hydrogens is 301 g/mol. The second-order valence-corrected chi connectivity index (χ2v) is 5.22. The monoisotopic (exact) mass is 311 g/mol. The Kier molecular flexibility index (Phi) is 2.81. The molecule has 0 bridgehead atoms. The third-order valence-corrected chi connectivity index (χ3v) is 3.52. The van der Waals surface area contributed by atoms with Crippen LogP contribution in [0.5, 0.6) is 5.88 Å². The maximum Gasteiger partial charge on any atom is 0.227 e. The highest BCUT2D eigenvalue weighted by Gasteiger charge is 2.24. The van der Waals surface area contributed by atoms with Gasteiger partial charge >= 0.3 is 0 Å². The average Bonchev–Trinajstić information content (AvgIpc) is 2.67. The minimum Gasteiger partial charge on any atom is -0.477 e. The van der Waals surface area contributed by atoms with Crippen LogP contribution in [-0.4, -0.2) is 21.4 Å². The highest BCUT2D eigenvalue weighted by molar-refractivity contribution is 9.10. The summed E-state index contributed by atoms with van der Waals surface area (Å²) in [6.45, 7) is 3.60. The summed E-state index contributed by atoms with van der Waals surface area (Å²) in [7, 11) is 0. The third kappa shape index (κ3) is 1.90. The minimum atomic E-state index is -0.358. The number of nitrogens with zero attached hydrogens (tertiary/aromatic N) is 3. The predicted molar refractivity (Wildman–Crippen MR) is 67.8 cm³/mol. The summed E-state index contributed by atoms with van der Waals surface area (Å²) in [4.78, 5) is 4.04. The van der Waals surface area contributed by atoms with Gasteiger partial charge in [0.15, 0.2) is 0 Å². The van der Waals surface area contributed by atoms with E-state index in [9.17, 15) is 4.39 Å². The third-order valence-electron chi connectivity index (χ3n) is 2.81. The summed E-state index contributed by atoms with van der Waals surface area (Å²) in [5.74, 6) is 0.788. The standard InChI is InChI=1S/C12H11BrFN3O/c1-7-5-17-12(18-6-7)10(13)11(16-17)9-3-2-8(14)4-15-9/h2-4,7H,5-6H2,1H3. The van der Waals surface area contributed by atoms with E-state index in [1.54, 1.807) is 6.07 Å². The van der Waals surface area contributed by atoms with Crippen molar-refractivity contribution in [3.05, 3.63) is 28.6 Å². The van der Waals surface area contributed by atoms with Crippen LogP contribution in [-0.2, 0) is 6.54 Å². The van der Waals surface area contributed by atoms with Crippen molar-refractivity contribution in [2.75, 3.05) is 6.61 Å². The average molecular weight is 312 g/mol. The number of fused-ring (bicyclic) bond motifs is 1. The Balaban J connectivity index is 2.06. The normalized spacial score (nSPS) is 18.3. The number of pyridine rings is 1. The Morgan fingerprint density at radius 1 is 1.50 bits per heavy atom. The van der Waals surface area contributed by atoms with Crippen molar-refractivity contribution in [3.63, 3.8) is 0 Å². The van der Waals surface area contributed by atoms with Crippen LogP contribution < -0.4 is 4.74 Å². The fourth-order valence-electron chi connectivity index (χ4n) is 1.93. The second kappa shape index (κ2) is 4.35. The molecule has 0 aliphatic carbocycles. The van der Waals surface area contributed by atoms with E-state index in [4.69, 9.17) is 4.74 Å². The highest BCUT2D eigenvalue weighted by Crippen LogP contribution is 2.36. The number of aromatic nitrogens is 3. The first kappa shape index (κ1) is 11.6. The van der Waals surface area contributed by atoms with Gasteiger partial charge in [-0.3, -0.25) is 4.98 Å². The molecule has 3 rings (SSSR count). The Morgan fingerprint density at radius 3 is 3.06 bits per heavy atom. The number of halogens is 2. The van der Waals surface area contributed by atoms with Gasteiger partial charge in [0.05, 0.1) is 25.0 Å².